The van der Waals surface area contributed by atoms with E-state index < -0.39 is 0 Å². The minimum absolute atomic E-state index is 0.592. The lowest BCUT2D eigenvalue weighted by Gasteiger charge is -2.05. The Morgan fingerprint density at radius 2 is 1.95 bits per heavy atom. The SMILES string of the molecule is COCCOCCOCCn1cc(CNC2CC2)nn1. The molecular formula is C13H24N4O3. The summed E-state index contributed by atoms with van der Waals surface area (Å²) in [6, 6.07) is 0.696. The third kappa shape index (κ3) is 6.42. The molecule has 0 atom stereocenters. The molecule has 0 amide bonds. The van der Waals surface area contributed by atoms with Crippen molar-refractivity contribution in [1.29, 1.82) is 0 Å². The summed E-state index contributed by atoms with van der Waals surface area (Å²) < 4.78 is 17.5. The number of hydrogen-bond acceptors (Lipinski definition) is 6. The van der Waals surface area contributed by atoms with E-state index in [1.165, 1.54) is 12.8 Å². The highest BCUT2D eigenvalue weighted by Crippen LogP contribution is 2.18. The Labute approximate surface area is 119 Å². The molecule has 1 aromatic rings. The fraction of sp³-hybridized carbons (Fsp3) is 0.846. The largest absolute Gasteiger partial charge is 0.382 e. The highest BCUT2D eigenvalue weighted by Gasteiger charge is 2.20. The van der Waals surface area contributed by atoms with Crippen LogP contribution in [0.3, 0.4) is 0 Å². The molecule has 0 saturated heterocycles. The highest BCUT2D eigenvalue weighted by molar-refractivity contribution is 4.94. The van der Waals surface area contributed by atoms with Crippen molar-refractivity contribution in [2.45, 2.75) is 32.0 Å². The van der Waals surface area contributed by atoms with Crippen LogP contribution in [0.1, 0.15) is 18.5 Å². The lowest BCUT2D eigenvalue weighted by Crippen LogP contribution is -2.15. The third-order valence-electron chi connectivity index (χ3n) is 3.00. The summed E-state index contributed by atoms with van der Waals surface area (Å²) in [5, 5.41) is 11.6. The van der Waals surface area contributed by atoms with E-state index in [-0.39, 0.29) is 0 Å². The van der Waals surface area contributed by atoms with Crippen molar-refractivity contribution in [2.75, 3.05) is 40.1 Å². The van der Waals surface area contributed by atoms with Gasteiger partial charge in [0.1, 0.15) is 0 Å². The van der Waals surface area contributed by atoms with Crippen molar-refractivity contribution < 1.29 is 14.2 Å². The van der Waals surface area contributed by atoms with Gasteiger partial charge in [-0.05, 0) is 12.8 Å². The second-order valence-electron chi connectivity index (χ2n) is 4.85. The van der Waals surface area contributed by atoms with E-state index in [0.717, 1.165) is 12.2 Å². The van der Waals surface area contributed by atoms with Gasteiger partial charge in [-0.3, -0.25) is 0 Å². The molecule has 0 spiro atoms. The van der Waals surface area contributed by atoms with Gasteiger partial charge in [0, 0.05) is 25.9 Å². The van der Waals surface area contributed by atoms with Crippen LogP contribution in [0.25, 0.3) is 0 Å². The first-order valence-corrected chi connectivity index (χ1v) is 7.15. The predicted molar refractivity (Wildman–Crippen MR) is 73.4 cm³/mol. The summed E-state index contributed by atoms with van der Waals surface area (Å²) in [7, 11) is 1.66. The minimum atomic E-state index is 0.592. The van der Waals surface area contributed by atoms with Crippen molar-refractivity contribution in [3.8, 4) is 0 Å². The van der Waals surface area contributed by atoms with Crippen LogP contribution in [-0.4, -0.2) is 61.2 Å². The summed E-state index contributed by atoms with van der Waals surface area (Å²) >= 11 is 0. The molecule has 0 bridgehead atoms. The standard InChI is InChI=1S/C13H24N4O3/c1-18-6-7-20-9-8-19-5-4-17-11-13(15-16-17)10-14-12-2-3-12/h11-12,14H,2-10H2,1H3. The fourth-order valence-electron chi connectivity index (χ4n) is 1.69. The Morgan fingerprint density at radius 3 is 2.70 bits per heavy atom. The van der Waals surface area contributed by atoms with Crippen molar-refractivity contribution in [3.63, 3.8) is 0 Å². The number of aromatic nitrogens is 3. The number of rotatable bonds is 12. The monoisotopic (exact) mass is 284 g/mol. The summed E-state index contributed by atoms with van der Waals surface area (Å²) in [4.78, 5) is 0. The average molecular weight is 284 g/mol. The van der Waals surface area contributed by atoms with Crippen LogP contribution >= 0.6 is 0 Å². The molecule has 7 heteroatoms. The van der Waals surface area contributed by atoms with Gasteiger partial charge in [0.15, 0.2) is 0 Å². The Morgan fingerprint density at radius 1 is 1.20 bits per heavy atom. The quantitative estimate of drug-likeness (QED) is 0.553. The molecule has 7 nitrogen and oxygen atoms in total. The molecule has 1 saturated carbocycles. The van der Waals surface area contributed by atoms with Crippen LogP contribution in [0.4, 0.5) is 0 Å². The molecule has 0 aliphatic heterocycles. The van der Waals surface area contributed by atoms with Gasteiger partial charge in [-0.25, -0.2) is 4.68 Å². The second kappa shape index (κ2) is 9.02. The van der Waals surface area contributed by atoms with Gasteiger partial charge < -0.3 is 19.5 Å². The lowest BCUT2D eigenvalue weighted by molar-refractivity contribution is 0.0224. The molecule has 1 aromatic heterocycles. The maximum absolute atomic E-state index is 5.47. The molecule has 1 N–H and O–H groups in total. The van der Waals surface area contributed by atoms with Crippen LogP contribution in [0.5, 0.6) is 0 Å². The number of methoxy groups -OCH3 is 1. The van der Waals surface area contributed by atoms with Gasteiger partial charge in [-0.1, -0.05) is 5.21 Å². The molecule has 1 aliphatic carbocycles. The van der Waals surface area contributed by atoms with Crippen LogP contribution in [0.15, 0.2) is 6.20 Å². The smallest absolute Gasteiger partial charge is 0.0964 e. The molecule has 1 heterocycles. The van der Waals surface area contributed by atoms with E-state index in [9.17, 15) is 0 Å². The first-order valence-electron chi connectivity index (χ1n) is 7.15. The van der Waals surface area contributed by atoms with Crippen molar-refractivity contribution in [3.05, 3.63) is 11.9 Å². The van der Waals surface area contributed by atoms with Gasteiger partial charge >= 0.3 is 0 Å². The highest BCUT2D eigenvalue weighted by atomic mass is 16.5. The van der Waals surface area contributed by atoms with Gasteiger partial charge in [0.05, 0.1) is 45.3 Å². The zero-order valence-electron chi connectivity index (χ0n) is 12.1. The van der Waals surface area contributed by atoms with E-state index in [0.29, 0.717) is 45.6 Å². The fourth-order valence-corrected chi connectivity index (χ4v) is 1.69. The van der Waals surface area contributed by atoms with E-state index >= 15 is 0 Å². The molecule has 2 rings (SSSR count). The first kappa shape index (κ1) is 15.4. The molecule has 20 heavy (non-hydrogen) atoms. The molecule has 0 aromatic carbocycles. The molecule has 1 aliphatic rings. The minimum Gasteiger partial charge on any atom is -0.382 e. The Bertz CT molecular complexity index is 368. The average Bonchev–Trinajstić information content (AvgIpc) is 3.18. The molecule has 0 unspecified atom stereocenters. The number of ether oxygens (including phenoxy) is 3. The molecule has 1 fully saturated rings. The summed E-state index contributed by atoms with van der Waals surface area (Å²) in [6.45, 7) is 4.56. The van der Waals surface area contributed by atoms with Crippen LogP contribution in [0, 0.1) is 0 Å². The number of nitrogens with one attached hydrogen (secondary N) is 1. The predicted octanol–water partition coefficient (Wildman–Crippen LogP) is 0.210. The Kier molecular flexibility index (Phi) is 6.93. The maximum atomic E-state index is 5.47. The van der Waals surface area contributed by atoms with Crippen molar-refractivity contribution >= 4 is 0 Å². The molecule has 0 radical (unpaired) electrons. The Hall–Kier alpha value is -1.02. The summed E-state index contributed by atoms with van der Waals surface area (Å²) in [5.74, 6) is 0. The second-order valence-corrected chi connectivity index (χ2v) is 4.85. The van der Waals surface area contributed by atoms with Crippen molar-refractivity contribution in [2.24, 2.45) is 0 Å². The molecule has 114 valence electrons. The topological polar surface area (TPSA) is 70.4 Å². The van der Waals surface area contributed by atoms with Crippen molar-refractivity contribution in [1.82, 2.24) is 20.3 Å². The van der Waals surface area contributed by atoms with Gasteiger partial charge in [-0.15, -0.1) is 5.10 Å². The van der Waals surface area contributed by atoms with Gasteiger partial charge in [0.2, 0.25) is 0 Å². The van der Waals surface area contributed by atoms with Gasteiger partial charge in [-0.2, -0.15) is 0 Å². The zero-order valence-corrected chi connectivity index (χ0v) is 12.1. The van der Waals surface area contributed by atoms with E-state index in [1.807, 2.05) is 10.9 Å². The van der Waals surface area contributed by atoms with Crippen LogP contribution in [-0.2, 0) is 27.3 Å². The number of nitrogens with zero attached hydrogens (tertiary/aromatic N) is 3. The normalized spacial score (nSPS) is 14.8. The van der Waals surface area contributed by atoms with Crippen LogP contribution in [0.2, 0.25) is 0 Å². The number of hydrogen-bond donors (Lipinski definition) is 1. The summed E-state index contributed by atoms with van der Waals surface area (Å²) in [5.41, 5.74) is 0.986. The lowest BCUT2D eigenvalue weighted by atomic mass is 10.4. The maximum Gasteiger partial charge on any atom is 0.0964 e. The third-order valence-corrected chi connectivity index (χ3v) is 3.00. The van der Waals surface area contributed by atoms with Crippen LogP contribution < -0.4 is 5.32 Å². The van der Waals surface area contributed by atoms with Gasteiger partial charge in [0.25, 0.3) is 0 Å². The van der Waals surface area contributed by atoms with E-state index in [1.54, 1.807) is 7.11 Å². The molecular weight excluding hydrogens is 260 g/mol. The first-order chi connectivity index (χ1) is 9.88. The Balaban J connectivity index is 1.46. The zero-order chi connectivity index (χ0) is 14.0. The van der Waals surface area contributed by atoms with E-state index in [4.69, 9.17) is 14.2 Å². The van der Waals surface area contributed by atoms with E-state index in [2.05, 4.69) is 15.6 Å². The summed E-state index contributed by atoms with van der Waals surface area (Å²) in [6.07, 6.45) is 4.54.